The standard InChI is InChI=1S/C21H21ClN8O/c1-12-10-13(2)30-21(23-12)25-18(28-30)20(31)24-14-7-8-16(22)15(11-14)19-27-26-17-6-4-3-5-9-29(17)19/h7-8,10-11H,3-6,9H2,1-2H3,(H,24,31). The van der Waals surface area contributed by atoms with E-state index in [-0.39, 0.29) is 5.82 Å². The Morgan fingerprint density at radius 2 is 1.97 bits per heavy atom. The molecule has 0 unspecified atom stereocenters. The highest BCUT2D eigenvalue weighted by Crippen LogP contribution is 2.31. The summed E-state index contributed by atoms with van der Waals surface area (Å²) in [5, 5.41) is 16.4. The number of hydrogen-bond acceptors (Lipinski definition) is 6. The first-order valence-electron chi connectivity index (χ1n) is 10.2. The zero-order valence-corrected chi connectivity index (χ0v) is 18.0. The molecule has 1 aromatic carbocycles. The minimum atomic E-state index is -0.420. The first kappa shape index (κ1) is 19.6. The van der Waals surface area contributed by atoms with Crippen LogP contribution in [0.15, 0.2) is 24.3 Å². The van der Waals surface area contributed by atoms with Gasteiger partial charge in [-0.25, -0.2) is 9.50 Å². The number of nitrogens with one attached hydrogen (secondary N) is 1. The topological polar surface area (TPSA) is 103 Å². The molecule has 0 bridgehead atoms. The normalized spacial score (nSPS) is 13.8. The van der Waals surface area contributed by atoms with Gasteiger partial charge < -0.3 is 9.88 Å². The average Bonchev–Trinajstić information content (AvgIpc) is 3.27. The zero-order valence-electron chi connectivity index (χ0n) is 17.3. The molecule has 5 rings (SSSR count). The lowest BCUT2D eigenvalue weighted by Crippen LogP contribution is -2.14. The van der Waals surface area contributed by atoms with Gasteiger partial charge in [0.1, 0.15) is 5.82 Å². The molecule has 0 aliphatic carbocycles. The van der Waals surface area contributed by atoms with Crippen LogP contribution < -0.4 is 5.32 Å². The number of aryl methyl sites for hydroxylation is 3. The number of anilines is 1. The lowest BCUT2D eigenvalue weighted by Gasteiger charge is -2.10. The molecule has 0 fully saturated rings. The van der Waals surface area contributed by atoms with E-state index in [2.05, 4.69) is 35.1 Å². The molecule has 1 N–H and O–H groups in total. The van der Waals surface area contributed by atoms with Crippen molar-refractivity contribution in [2.75, 3.05) is 5.32 Å². The molecule has 9 nitrogen and oxygen atoms in total. The van der Waals surface area contributed by atoms with Crippen molar-refractivity contribution in [1.82, 2.24) is 34.3 Å². The zero-order chi connectivity index (χ0) is 21.5. The highest BCUT2D eigenvalue weighted by molar-refractivity contribution is 6.33. The van der Waals surface area contributed by atoms with Crippen LogP contribution >= 0.6 is 11.6 Å². The van der Waals surface area contributed by atoms with Crippen molar-refractivity contribution in [3.63, 3.8) is 0 Å². The number of benzene rings is 1. The first-order chi connectivity index (χ1) is 15.0. The predicted molar refractivity (Wildman–Crippen MR) is 116 cm³/mol. The molecular weight excluding hydrogens is 416 g/mol. The summed E-state index contributed by atoms with van der Waals surface area (Å²) in [4.78, 5) is 21.4. The molecule has 1 aliphatic heterocycles. The Kier molecular flexibility index (Phi) is 4.90. The second-order valence-corrected chi connectivity index (χ2v) is 8.14. The average molecular weight is 437 g/mol. The van der Waals surface area contributed by atoms with Crippen molar-refractivity contribution < 1.29 is 4.79 Å². The predicted octanol–water partition coefficient (Wildman–Crippen LogP) is 3.63. The lowest BCUT2D eigenvalue weighted by atomic mass is 10.1. The van der Waals surface area contributed by atoms with Gasteiger partial charge in [-0.05, 0) is 51.0 Å². The van der Waals surface area contributed by atoms with E-state index in [1.165, 1.54) is 6.42 Å². The fraction of sp³-hybridized carbons (Fsp3) is 0.333. The molecule has 4 heterocycles. The van der Waals surface area contributed by atoms with Crippen LogP contribution in [0.5, 0.6) is 0 Å². The van der Waals surface area contributed by atoms with Gasteiger partial charge in [0.25, 0.3) is 11.7 Å². The maximum atomic E-state index is 12.8. The van der Waals surface area contributed by atoms with Crippen molar-refractivity contribution in [3.8, 4) is 11.4 Å². The number of fused-ring (bicyclic) bond motifs is 2. The molecule has 1 amide bonds. The third-order valence-electron chi connectivity index (χ3n) is 5.40. The van der Waals surface area contributed by atoms with Gasteiger partial charge in [-0.3, -0.25) is 4.79 Å². The maximum Gasteiger partial charge on any atom is 0.295 e. The number of aromatic nitrogens is 7. The monoisotopic (exact) mass is 436 g/mol. The Labute approximate surface area is 183 Å². The second kappa shape index (κ2) is 7.73. The van der Waals surface area contributed by atoms with Gasteiger partial charge in [0, 0.05) is 35.6 Å². The van der Waals surface area contributed by atoms with Crippen LogP contribution in [0.25, 0.3) is 17.2 Å². The fourth-order valence-corrected chi connectivity index (χ4v) is 4.11. The summed E-state index contributed by atoms with van der Waals surface area (Å²) >= 11 is 6.48. The van der Waals surface area contributed by atoms with E-state index in [4.69, 9.17) is 11.6 Å². The maximum absolute atomic E-state index is 12.8. The van der Waals surface area contributed by atoms with E-state index in [0.29, 0.717) is 16.5 Å². The number of nitrogens with zero attached hydrogens (tertiary/aromatic N) is 7. The Balaban J connectivity index is 1.45. The van der Waals surface area contributed by atoms with Crippen molar-refractivity contribution >= 4 is 29.0 Å². The summed E-state index contributed by atoms with van der Waals surface area (Å²) < 4.78 is 3.68. The minimum absolute atomic E-state index is 0.0500. The van der Waals surface area contributed by atoms with Crippen molar-refractivity contribution in [2.45, 2.75) is 46.1 Å². The molecule has 0 atom stereocenters. The van der Waals surface area contributed by atoms with Gasteiger partial charge in [0.2, 0.25) is 5.82 Å². The van der Waals surface area contributed by atoms with Gasteiger partial charge in [0.15, 0.2) is 5.82 Å². The summed E-state index contributed by atoms with van der Waals surface area (Å²) in [6.07, 6.45) is 4.28. The highest BCUT2D eigenvalue weighted by Gasteiger charge is 2.20. The van der Waals surface area contributed by atoms with Gasteiger partial charge in [-0.2, -0.15) is 4.98 Å². The Morgan fingerprint density at radius 1 is 1.10 bits per heavy atom. The smallest absolute Gasteiger partial charge is 0.295 e. The molecule has 0 radical (unpaired) electrons. The number of carbonyl (C=O) groups excluding carboxylic acids is 1. The van der Waals surface area contributed by atoms with E-state index in [9.17, 15) is 4.79 Å². The highest BCUT2D eigenvalue weighted by atomic mass is 35.5. The third-order valence-corrected chi connectivity index (χ3v) is 5.73. The van der Waals surface area contributed by atoms with Crippen LogP contribution in [0.3, 0.4) is 0 Å². The van der Waals surface area contributed by atoms with Crippen LogP contribution in [0.4, 0.5) is 5.69 Å². The number of carbonyl (C=O) groups is 1. The van der Waals surface area contributed by atoms with Crippen LogP contribution in [-0.2, 0) is 13.0 Å². The van der Waals surface area contributed by atoms with Gasteiger partial charge in [-0.15, -0.1) is 15.3 Å². The molecule has 3 aromatic heterocycles. The first-order valence-corrected chi connectivity index (χ1v) is 10.6. The van der Waals surface area contributed by atoms with E-state index in [0.717, 1.165) is 54.4 Å². The molecule has 0 saturated heterocycles. The molecule has 158 valence electrons. The Bertz CT molecular complexity index is 1310. The number of amides is 1. The summed E-state index contributed by atoms with van der Waals surface area (Å²) in [6, 6.07) is 7.19. The molecule has 10 heteroatoms. The lowest BCUT2D eigenvalue weighted by molar-refractivity contribution is 0.101. The third kappa shape index (κ3) is 3.65. The van der Waals surface area contributed by atoms with E-state index >= 15 is 0 Å². The van der Waals surface area contributed by atoms with Crippen LogP contribution in [-0.4, -0.2) is 40.3 Å². The molecule has 0 spiro atoms. The van der Waals surface area contributed by atoms with Gasteiger partial charge >= 0.3 is 0 Å². The molecule has 1 aliphatic rings. The number of halogens is 1. The molecule has 31 heavy (non-hydrogen) atoms. The number of hydrogen-bond donors (Lipinski definition) is 1. The summed E-state index contributed by atoms with van der Waals surface area (Å²) in [6.45, 7) is 4.63. The summed E-state index contributed by atoms with van der Waals surface area (Å²) in [5.41, 5.74) is 2.99. The van der Waals surface area contributed by atoms with Crippen molar-refractivity contribution in [3.05, 3.63) is 52.3 Å². The van der Waals surface area contributed by atoms with Crippen molar-refractivity contribution in [1.29, 1.82) is 0 Å². The molecule has 0 saturated carbocycles. The second-order valence-electron chi connectivity index (χ2n) is 7.74. The van der Waals surface area contributed by atoms with E-state index in [1.54, 1.807) is 16.6 Å². The quantitative estimate of drug-likeness (QED) is 0.526. The fourth-order valence-electron chi connectivity index (χ4n) is 3.91. The van der Waals surface area contributed by atoms with E-state index < -0.39 is 5.91 Å². The molecular formula is C21H21ClN8O. The van der Waals surface area contributed by atoms with Crippen LogP contribution in [0.1, 0.15) is 47.1 Å². The van der Waals surface area contributed by atoms with Crippen LogP contribution in [0.2, 0.25) is 5.02 Å². The molecule has 4 aromatic rings. The van der Waals surface area contributed by atoms with Gasteiger partial charge in [-0.1, -0.05) is 18.0 Å². The van der Waals surface area contributed by atoms with Crippen molar-refractivity contribution in [2.24, 2.45) is 0 Å². The minimum Gasteiger partial charge on any atom is -0.319 e. The van der Waals surface area contributed by atoms with Crippen LogP contribution in [0, 0.1) is 13.8 Å². The van der Waals surface area contributed by atoms with Gasteiger partial charge in [0.05, 0.1) is 5.02 Å². The van der Waals surface area contributed by atoms with E-state index in [1.807, 2.05) is 26.0 Å². The Morgan fingerprint density at radius 3 is 2.84 bits per heavy atom. The summed E-state index contributed by atoms with van der Waals surface area (Å²) in [5.74, 6) is 1.72. The number of rotatable bonds is 3. The summed E-state index contributed by atoms with van der Waals surface area (Å²) in [7, 11) is 0. The largest absolute Gasteiger partial charge is 0.319 e. The Hall–Kier alpha value is -3.33. The SMILES string of the molecule is Cc1cc(C)n2nc(C(=O)Nc3ccc(Cl)c(-c4nnc5n4CCCCC5)c3)nc2n1.